The molecule has 0 aliphatic carbocycles. The highest BCUT2D eigenvalue weighted by Crippen LogP contribution is 2.22. The minimum absolute atomic E-state index is 0.134. The minimum Gasteiger partial charge on any atom is -0.298 e. The molecule has 0 amide bonds. The number of thioether (sulfide) groups is 1. The zero-order valence-corrected chi connectivity index (χ0v) is 10.3. The van der Waals surface area contributed by atoms with E-state index in [-0.39, 0.29) is 6.04 Å². The van der Waals surface area contributed by atoms with Gasteiger partial charge in [-0.2, -0.15) is 11.8 Å². The summed E-state index contributed by atoms with van der Waals surface area (Å²) in [5.74, 6) is 1.56. The largest absolute Gasteiger partial charge is 0.298 e. The molecule has 0 saturated carbocycles. The summed E-state index contributed by atoms with van der Waals surface area (Å²) < 4.78 is 0. The molecule has 0 radical (unpaired) electrons. The van der Waals surface area contributed by atoms with Crippen LogP contribution in [-0.2, 0) is 4.79 Å². The lowest BCUT2D eigenvalue weighted by molar-refractivity contribution is -0.123. The van der Waals surface area contributed by atoms with Gasteiger partial charge >= 0.3 is 0 Å². The van der Waals surface area contributed by atoms with Gasteiger partial charge in [-0.05, 0) is 13.3 Å². The van der Waals surface area contributed by atoms with E-state index in [2.05, 4.69) is 30.5 Å². The van der Waals surface area contributed by atoms with Crippen LogP contribution in [0.1, 0.15) is 33.6 Å². The van der Waals surface area contributed by atoms with Crippen molar-refractivity contribution in [2.24, 2.45) is 0 Å². The summed E-state index contributed by atoms with van der Waals surface area (Å²) in [6.45, 7) is 8.40. The first-order valence-corrected chi connectivity index (χ1v) is 6.62. The Kier molecular flexibility index (Phi) is 4.96. The maximum absolute atomic E-state index is 11.6. The van der Waals surface area contributed by atoms with Crippen molar-refractivity contribution in [1.29, 1.82) is 0 Å². The van der Waals surface area contributed by atoms with Crippen molar-refractivity contribution in [3.63, 3.8) is 0 Å². The van der Waals surface area contributed by atoms with E-state index in [1.54, 1.807) is 0 Å². The maximum Gasteiger partial charge on any atom is 0.149 e. The molecule has 1 aliphatic rings. The third-order valence-electron chi connectivity index (χ3n) is 2.99. The molecule has 3 heteroatoms. The Labute approximate surface area is 91.4 Å². The van der Waals surface area contributed by atoms with Gasteiger partial charge < -0.3 is 0 Å². The molecule has 1 heterocycles. The van der Waals surface area contributed by atoms with E-state index in [4.69, 9.17) is 0 Å². The fourth-order valence-electron chi connectivity index (χ4n) is 1.84. The van der Waals surface area contributed by atoms with Gasteiger partial charge in [0.05, 0.1) is 6.04 Å². The van der Waals surface area contributed by atoms with Crippen molar-refractivity contribution >= 4 is 17.5 Å². The zero-order valence-electron chi connectivity index (χ0n) is 9.45. The van der Waals surface area contributed by atoms with E-state index < -0.39 is 0 Å². The molecule has 0 spiro atoms. The van der Waals surface area contributed by atoms with Gasteiger partial charge in [-0.25, -0.2) is 0 Å². The highest BCUT2D eigenvalue weighted by molar-refractivity contribution is 8.00. The van der Waals surface area contributed by atoms with Gasteiger partial charge in [0, 0.05) is 30.5 Å². The van der Waals surface area contributed by atoms with Crippen LogP contribution in [0.25, 0.3) is 0 Å². The van der Waals surface area contributed by atoms with Gasteiger partial charge in [-0.3, -0.25) is 9.69 Å². The van der Waals surface area contributed by atoms with Crippen LogP contribution in [0.4, 0.5) is 0 Å². The molecule has 0 aromatic heterocycles. The molecule has 2 atom stereocenters. The van der Waals surface area contributed by atoms with Crippen LogP contribution in [-0.4, -0.2) is 40.8 Å². The second kappa shape index (κ2) is 5.76. The van der Waals surface area contributed by atoms with E-state index >= 15 is 0 Å². The van der Waals surface area contributed by atoms with Crippen LogP contribution >= 0.6 is 11.8 Å². The molecular formula is C11H21NOS. The number of carbonyl (C=O) groups is 1. The Morgan fingerprint density at radius 3 is 2.86 bits per heavy atom. The Hall–Kier alpha value is -0.0200. The van der Waals surface area contributed by atoms with Crippen molar-refractivity contribution in [3.05, 3.63) is 0 Å². The summed E-state index contributed by atoms with van der Waals surface area (Å²) in [6, 6.07) is 0.134. The number of hydrogen-bond donors (Lipinski definition) is 0. The van der Waals surface area contributed by atoms with E-state index in [0.717, 1.165) is 18.3 Å². The predicted molar refractivity (Wildman–Crippen MR) is 62.9 cm³/mol. The topological polar surface area (TPSA) is 20.3 Å². The highest BCUT2D eigenvalue weighted by atomic mass is 32.2. The Morgan fingerprint density at radius 1 is 1.57 bits per heavy atom. The molecule has 0 aromatic carbocycles. The average molecular weight is 215 g/mol. The minimum atomic E-state index is 0.134. The van der Waals surface area contributed by atoms with Crippen LogP contribution in [0, 0.1) is 0 Å². The molecule has 0 bridgehead atoms. The van der Waals surface area contributed by atoms with E-state index in [1.807, 2.05) is 6.92 Å². The van der Waals surface area contributed by atoms with E-state index in [9.17, 15) is 4.79 Å². The molecule has 1 fully saturated rings. The number of hydrogen-bond acceptors (Lipinski definition) is 3. The van der Waals surface area contributed by atoms with Crippen molar-refractivity contribution < 1.29 is 4.79 Å². The SMILES string of the molecule is CCC(=O)C(C)N1CCSC(CC)C1. The lowest BCUT2D eigenvalue weighted by Crippen LogP contribution is -2.46. The summed E-state index contributed by atoms with van der Waals surface area (Å²) in [5.41, 5.74) is 0. The van der Waals surface area contributed by atoms with Crippen LogP contribution < -0.4 is 0 Å². The number of ketones is 1. The highest BCUT2D eigenvalue weighted by Gasteiger charge is 2.25. The summed E-state index contributed by atoms with van der Waals surface area (Å²) in [4.78, 5) is 13.9. The predicted octanol–water partition coefficient (Wildman–Crippen LogP) is 2.18. The lowest BCUT2D eigenvalue weighted by atomic mass is 10.1. The molecule has 0 aromatic rings. The van der Waals surface area contributed by atoms with Gasteiger partial charge in [-0.15, -0.1) is 0 Å². The smallest absolute Gasteiger partial charge is 0.149 e. The first-order chi connectivity index (χ1) is 6.69. The zero-order chi connectivity index (χ0) is 10.6. The Morgan fingerprint density at radius 2 is 2.29 bits per heavy atom. The van der Waals surface area contributed by atoms with Gasteiger partial charge in [-0.1, -0.05) is 13.8 Å². The van der Waals surface area contributed by atoms with E-state index in [0.29, 0.717) is 12.2 Å². The first-order valence-electron chi connectivity index (χ1n) is 5.57. The molecule has 0 N–H and O–H groups in total. The van der Waals surface area contributed by atoms with Gasteiger partial charge in [0.25, 0.3) is 0 Å². The Bertz CT molecular complexity index is 196. The molecule has 2 nitrogen and oxygen atoms in total. The molecule has 1 aliphatic heterocycles. The third kappa shape index (κ3) is 2.99. The second-order valence-corrected chi connectivity index (χ2v) is 5.30. The fourth-order valence-corrected chi connectivity index (χ4v) is 3.05. The normalized spacial score (nSPS) is 26.1. The summed E-state index contributed by atoms with van der Waals surface area (Å²) in [6.07, 6.45) is 1.88. The number of rotatable bonds is 4. The maximum atomic E-state index is 11.6. The molecule has 1 rings (SSSR count). The van der Waals surface area contributed by atoms with Crippen LogP contribution in [0.2, 0.25) is 0 Å². The summed E-state index contributed by atoms with van der Waals surface area (Å²) >= 11 is 2.05. The van der Waals surface area contributed by atoms with Crippen molar-refractivity contribution in [3.8, 4) is 0 Å². The van der Waals surface area contributed by atoms with Crippen molar-refractivity contribution in [2.75, 3.05) is 18.8 Å². The average Bonchev–Trinajstić information content (AvgIpc) is 2.27. The van der Waals surface area contributed by atoms with Gasteiger partial charge in [0.1, 0.15) is 5.78 Å². The summed E-state index contributed by atoms with van der Waals surface area (Å²) in [5, 5.41) is 0.732. The third-order valence-corrected chi connectivity index (χ3v) is 4.36. The quantitative estimate of drug-likeness (QED) is 0.717. The lowest BCUT2D eigenvalue weighted by Gasteiger charge is -2.35. The second-order valence-electron chi connectivity index (χ2n) is 3.89. The fraction of sp³-hybridized carbons (Fsp3) is 0.909. The van der Waals surface area contributed by atoms with Crippen molar-refractivity contribution in [1.82, 2.24) is 4.90 Å². The monoisotopic (exact) mass is 215 g/mol. The van der Waals surface area contributed by atoms with Gasteiger partial charge in [0.2, 0.25) is 0 Å². The number of nitrogens with zero attached hydrogens (tertiary/aromatic N) is 1. The van der Waals surface area contributed by atoms with Crippen LogP contribution in [0.15, 0.2) is 0 Å². The molecule has 14 heavy (non-hydrogen) atoms. The van der Waals surface area contributed by atoms with E-state index in [1.165, 1.54) is 12.2 Å². The van der Waals surface area contributed by atoms with Crippen molar-refractivity contribution in [2.45, 2.75) is 44.9 Å². The molecule has 1 saturated heterocycles. The summed E-state index contributed by atoms with van der Waals surface area (Å²) in [7, 11) is 0. The molecule has 2 unspecified atom stereocenters. The number of Topliss-reactive ketones (excluding diaryl/α,β-unsaturated/α-hetero) is 1. The van der Waals surface area contributed by atoms with Crippen LogP contribution in [0.5, 0.6) is 0 Å². The van der Waals surface area contributed by atoms with Gasteiger partial charge in [0.15, 0.2) is 0 Å². The standard InChI is InChI=1S/C11H21NOS/c1-4-10-8-12(6-7-14-10)9(3)11(13)5-2/h9-10H,4-8H2,1-3H3. The molecular weight excluding hydrogens is 194 g/mol. The number of carbonyl (C=O) groups excluding carboxylic acids is 1. The Balaban J connectivity index is 2.46. The molecule has 82 valence electrons. The van der Waals surface area contributed by atoms with Crippen LogP contribution in [0.3, 0.4) is 0 Å². The first kappa shape index (κ1) is 12.1.